The number of aromatic nitrogens is 1. The summed E-state index contributed by atoms with van der Waals surface area (Å²) in [5.74, 6) is 0.628. The zero-order valence-electron chi connectivity index (χ0n) is 14.3. The van der Waals surface area contributed by atoms with Gasteiger partial charge in [-0.15, -0.1) is 0 Å². The summed E-state index contributed by atoms with van der Waals surface area (Å²) in [4.78, 5) is 18.9. The van der Waals surface area contributed by atoms with E-state index in [1.54, 1.807) is 18.3 Å². The van der Waals surface area contributed by atoms with Gasteiger partial charge in [0, 0.05) is 44.5 Å². The lowest BCUT2D eigenvalue weighted by atomic mass is 10.2. The summed E-state index contributed by atoms with van der Waals surface area (Å²) in [6.07, 6.45) is 1.66. The topological polar surface area (TPSA) is 66.5 Å². The number of hydrogen-bond donors (Lipinski definition) is 2. The first-order valence-electron chi connectivity index (χ1n) is 8.63. The zero-order valence-corrected chi connectivity index (χ0v) is 14.3. The molecule has 1 amide bonds. The van der Waals surface area contributed by atoms with E-state index in [0.29, 0.717) is 12.1 Å². The van der Waals surface area contributed by atoms with Crippen LogP contribution >= 0.6 is 0 Å². The molecular formula is C19H24N4O2. The van der Waals surface area contributed by atoms with Gasteiger partial charge in [0.25, 0.3) is 5.91 Å². The highest BCUT2D eigenvalue weighted by atomic mass is 16.5. The normalized spacial score (nSPS) is 14.9. The highest BCUT2D eigenvalue weighted by Crippen LogP contribution is 2.07. The number of hydrogen-bond acceptors (Lipinski definition) is 5. The van der Waals surface area contributed by atoms with Gasteiger partial charge in [0.2, 0.25) is 0 Å². The van der Waals surface area contributed by atoms with Gasteiger partial charge < -0.3 is 15.4 Å². The van der Waals surface area contributed by atoms with Crippen LogP contribution < -0.4 is 10.6 Å². The standard InChI is InChI=1S/C19H24N4O2/c24-19(22-15-16-4-2-1-3-5-16)17-6-7-20-18(14-17)21-8-9-23-10-12-25-13-11-23/h1-7,14H,8-13,15H2,(H,20,21)(H,22,24). The number of pyridine rings is 1. The van der Waals surface area contributed by atoms with Crippen molar-refractivity contribution in [3.05, 3.63) is 59.8 Å². The Labute approximate surface area is 148 Å². The summed E-state index contributed by atoms with van der Waals surface area (Å²) in [6, 6.07) is 13.4. The molecule has 25 heavy (non-hydrogen) atoms. The van der Waals surface area contributed by atoms with Crippen LogP contribution in [-0.4, -0.2) is 55.2 Å². The van der Waals surface area contributed by atoms with Gasteiger partial charge in [-0.2, -0.15) is 0 Å². The third-order valence-electron chi connectivity index (χ3n) is 4.16. The van der Waals surface area contributed by atoms with Crippen molar-refractivity contribution in [2.75, 3.05) is 44.7 Å². The fourth-order valence-electron chi connectivity index (χ4n) is 2.72. The van der Waals surface area contributed by atoms with Crippen molar-refractivity contribution >= 4 is 11.7 Å². The first-order valence-corrected chi connectivity index (χ1v) is 8.63. The van der Waals surface area contributed by atoms with Crippen molar-refractivity contribution in [3.8, 4) is 0 Å². The predicted molar refractivity (Wildman–Crippen MR) is 97.6 cm³/mol. The number of amides is 1. The van der Waals surface area contributed by atoms with Crippen LogP contribution in [0.25, 0.3) is 0 Å². The van der Waals surface area contributed by atoms with E-state index in [1.165, 1.54) is 0 Å². The van der Waals surface area contributed by atoms with E-state index in [1.807, 2.05) is 30.3 Å². The quantitative estimate of drug-likeness (QED) is 0.804. The first kappa shape index (κ1) is 17.4. The van der Waals surface area contributed by atoms with Gasteiger partial charge in [0.05, 0.1) is 13.2 Å². The number of anilines is 1. The van der Waals surface area contributed by atoms with Crippen molar-refractivity contribution in [2.45, 2.75) is 6.54 Å². The third-order valence-corrected chi connectivity index (χ3v) is 4.16. The van der Waals surface area contributed by atoms with Crippen molar-refractivity contribution in [3.63, 3.8) is 0 Å². The molecule has 0 unspecified atom stereocenters. The molecule has 0 bridgehead atoms. The van der Waals surface area contributed by atoms with Crippen molar-refractivity contribution in [1.29, 1.82) is 0 Å². The van der Waals surface area contributed by atoms with E-state index < -0.39 is 0 Å². The van der Waals surface area contributed by atoms with Gasteiger partial charge >= 0.3 is 0 Å². The summed E-state index contributed by atoms with van der Waals surface area (Å²) in [6.45, 7) is 5.79. The molecule has 132 valence electrons. The van der Waals surface area contributed by atoms with Gasteiger partial charge in [0.15, 0.2) is 0 Å². The number of nitrogens with one attached hydrogen (secondary N) is 2. The third kappa shape index (κ3) is 5.55. The molecule has 0 radical (unpaired) electrons. The van der Waals surface area contributed by atoms with Crippen LogP contribution in [0.5, 0.6) is 0 Å². The molecule has 1 aliphatic heterocycles. The van der Waals surface area contributed by atoms with Crippen molar-refractivity contribution in [1.82, 2.24) is 15.2 Å². The maximum absolute atomic E-state index is 12.3. The summed E-state index contributed by atoms with van der Waals surface area (Å²) in [5, 5.41) is 6.22. The summed E-state index contributed by atoms with van der Waals surface area (Å²) < 4.78 is 5.34. The van der Waals surface area contributed by atoms with Crippen LogP contribution in [0, 0.1) is 0 Å². The lowest BCUT2D eigenvalue weighted by Gasteiger charge is -2.26. The van der Waals surface area contributed by atoms with Crippen LogP contribution in [0.3, 0.4) is 0 Å². The van der Waals surface area contributed by atoms with E-state index >= 15 is 0 Å². The molecule has 6 nitrogen and oxygen atoms in total. The SMILES string of the molecule is O=C(NCc1ccccc1)c1ccnc(NCCN2CCOCC2)c1. The molecule has 0 saturated carbocycles. The van der Waals surface area contributed by atoms with Crippen LogP contribution in [0.2, 0.25) is 0 Å². The summed E-state index contributed by atoms with van der Waals surface area (Å²) >= 11 is 0. The highest BCUT2D eigenvalue weighted by Gasteiger charge is 2.10. The maximum atomic E-state index is 12.3. The Morgan fingerprint density at radius 3 is 2.76 bits per heavy atom. The fourth-order valence-corrected chi connectivity index (χ4v) is 2.72. The Hall–Kier alpha value is -2.44. The molecule has 1 aliphatic rings. The Bertz CT molecular complexity index is 672. The molecule has 0 aliphatic carbocycles. The molecule has 0 atom stereocenters. The Kier molecular flexibility index (Phi) is 6.36. The number of benzene rings is 1. The predicted octanol–water partition coefficient (Wildman–Crippen LogP) is 1.76. The molecule has 2 heterocycles. The molecular weight excluding hydrogens is 316 g/mol. The Morgan fingerprint density at radius 1 is 1.16 bits per heavy atom. The first-order chi connectivity index (χ1) is 12.3. The van der Waals surface area contributed by atoms with Crippen LogP contribution in [-0.2, 0) is 11.3 Å². The minimum Gasteiger partial charge on any atom is -0.379 e. The van der Waals surface area contributed by atoms with E-state index in [4.69, 9.17) is 4.74 Å². The monoisotopic (exact) mass is 340 g/mol. The molecule has 2 N–H and O–H groups in total. The number of morpholine rings is 1. The smallest absolute Gasteiger partial charge is 0.251 e. The fraction of sp³-hybridized carbons (Fsp3) is 0.368. The van der Waals surface area contributed by atoms with Gasteiger partial charge in [-0.3, -0.25) is 9.69 Å². The van der Waals surface area contributed by atoms with Gasteiger partial charge in [-0.25, -0.2) is 4.98 Å². The van der Waals surface area contributed by atoms with Gasteiger partial charge in [-0.05, 0) is 17.7 Å². The maximum Gasteiger partial charge on any atom is 0.251 e. The van der Waals surface area contributed by atoms with E-state index in [0.717, 1.165) is 50.8 Å². The molecule has 6 heteroatoms. The second-order valence-corrected chi connectivity index (χ2v) is 5.98. The second kappa shape index (κ2) is 9.15. The number of nitrogens with zero attached hydrogens (tertiary/aromatic N) is 2. The number of carbonyl (C=O) groups excluding carboxylic acids is 1. The zero-order chi connectivity index (χ0) is 17.3. The van der Waals surface area contributed by atoms with E-state index in [9.17, 15) is 4.79 Å². The Morgan fingerprint density at radius 2 is 1.96 bits per heavy atom. The van der Waals surface area contributed by atoms with Gasteiger partial charge in [-0.1, -0.05) is 30.3 Å². The number of ether oxygens (including phenoxy) is 1. The van der Waals surface area contributed by atoms with E-state index in [-0.39, 0.29) is 5.91 Å². The largest absolute Gasteiger partial charge is 0.379 e. The minimum atomic E-state index is -0.0949. The van der Waals surface area contributed by atoms with Crippen molar-refractivity contribution in [2.24, 2.45) is 0 Å². The molecule has 3 rings (SSSR count). The second-order valence-electron chi connectivity index (χ2n) is 5.98. The lowest BCUT2D eigenvalue weighted by Crippen LogP contribution is -2.39. The average molecular weight is 340 g/mol. The van der Waals surface area contributed by atoms with Gasteiger partial charge in [0.1, 0.15) is 5.82 Å². The molecule has 1 aromatic carbocycles. The minimum absolute atomic E-state index is 0.0949. The van der Waals surface area contributed by atoms with Crippen molar-refractivity contribution < 1.29 is 9.53 Å². The number of carbonyl (C=O) groups is 1. The average Bonchev–Trinajstić information content (AvgIpc) is 2.68. The lowest BCUT2D eigenvalue weighted by molar-refractivity contribution is 0.0398. The molecule has 1 saturated heterocycles. The molecule has 0 spiro atoms. The molecule has 1 aromatic heterocycles. The van der Waals surface area contributed by atoms with Crippen LogP contribution in [0.4, 0.5) is 5.82 Å². The highest BCUT2D eigenvalue weighted by molar-refractivity contribution is 5.94. The Balaban J connectivity index is 1.47. The van der Waals surface area contributed by atoms with Crippen LogP contribution in [0.1, 0.15) is 15.9 Å². The molecule has 2 aromatic rings. The molecule has 1 fully saturated rings. The van der Waals surface area contributed by atoms with Crippen LogP contribution in [0.15, 0.2) is 48.7 Å². The summed E-state index contributed by atoms with van der Waals surface area (Å²) in [5.41, 5.74) is 1.69. The van der Waals surface area contributed by atoms with E-state index in [2.05, 4.69) is 20.5 Å². The summed E-state index contributed by atoms with van der Waals surface area (Å²) in [7, 11) is 0. The number of rotatable bonds is 7.